The van der Waals surface area contributed by atoms with Crippen LogP contribution in [0.15, 0.2) is 87.2 Å². The number of hydrogen-bond donors (Lipinski definition) is 2. The number of nitrogens with one attached hydrogen (secondary N) is 2. The molecule has 0 aliphatic heterocycles. The number of nitrogens with zero attached hydrogens (tertiary/aromatic N) is 2. The first-order valence-corrected chi connectivity index (χ1v) is 14.9. The fourth-order valence-corrected chi connectivity index (χ4v) is 5.62. The van der Waals surface area contributed by atoms with Gasteiger partial charge in [0.05, 0.1) is 27.7 Å². The smallest absolute Gasteiger partial charge is 0.329 e. The van der Waals surface area contributed by atoms with Gasteiger partial charge in [0.25, 0.3) is 0 Å². The Morgan fingerprint density at radius 3 is 2.29 bits per heavy atom. The predicted molar refractivity (Wildman–Crippen MR) is 163 cm³/mol. The fourth-order valence-electron chi connectivity index (χ4n) is 3.90. The van der Waals surface area contributed by atoms with Crippen LogP contribution in [0.4, 0.5) is 5.69 Å². The normalized spacial score (nSPS) is 11.7. The summed E-state index contributed by atoms with van der Waals surface area (Å²) in [6, 6.07) is 20.1. The molecular weight excluding hydrogens is 599 g/mol. The standard InChI is InChI=1S/C30H28Cl2N4O5S/c1-19-5-11-25(12-6-19)42(39,40)36(17-22-8-13-26(31)27(32)15-22)18-24-10-9-23(41-24)16-33-35-30(38)29(37)34-28-14-20(2)4-7-21(28)3/h4-16H,17-18H2,1-3H3,(H,34,37)(H,35,38)/b33-16+. The number of anilines is 1. The predicted octanol–water partition coefficient (Wildman–Crippen LogP) is 5.99. The maximum atomic E-state index is 13.6. The van der Waals surface area contributed by atoms with Gasteiger partial charge in [-0.05, 0) is 79.9 Å². The largest absolute Gasteiger partial charge is 0.459 e. The monoisotopic (exact) mass is 626 g/mol. The minimum absolute atomic E-state index is 0.00278. The molecule has 2 amide bonds. The number of halogens is 2. The highest BCUT2D eigenvalue weighted by Crippen LogP contribution is 2.26. The number of rotatable bonds is 9. The van der Waals surface area contributed by atoms with Crippen molar-refractivity contribution in [3.8, 4) is 0 Å². The second kappa shape index (κ2) is 13.3. The lowest BCUT2D eigenvalue weighted by atomic mass is 10.1. The molecule has 0 saturated heterocycles. The van der Waals surface area contributed by atoms with Gasteiger partial charge in [0.2, 0.25) is 10.0 Å². The van der Waals surface area contributed by atoms with Gasteiger partial charge in [-0.1, -0.05) is 59.1 Å². The van der Waals surface area contributed by atoms with Crippen molar-refractivity contribution >= 4 is 56.9 Å². The molecule has 42 heavy (non-hydrogen) atoms. The lowest BCUT2D eigenvalue weighted by Gasteiger charge is -2.22. The van der Waals surface area contributed by atoms with Gasteiger partial charge in [-0.3, -0.25) is 9.59 Å². The third-order valence-electron chi connectivity index (χ3n) is 6.22. The number of sulfonamides is 1. The zero-order chi connectivity index (χ0) is 30.4. The average Bonchev–Trinajstić information content (AvgIpc) is 3.39. The van der Waals surface area contributed by atoms with E-state index in [-0.39, 0.29) is 23.7 Å². The SMILES string of the molecule is Cc1ccc(S(=O)(=O)N(Cc2ccc(Cl)c(Cl)c2)Cc2ccc(/C=N/NC(=O)C(=O)Nc3cc(C)ccc3C)o2)cc1. The van der Waals surface area contributed by atoms with Crippen LogP contribution in [0.1, 0.15) is 33.8 Å². The minimum atomic E-state index is -3.94. The van der Waals surface area contributed by atoms with Gasteiger partial charge < -0.3 is 9.73 Å². The number of carbonyl (C=O) groups excluding carboxylic acids is 2. The fraction of sp³-hybridized carbons (Fsp3) is 0.167. The molecule has 0 saturated carbocycles. The quantitative estimate of drug-likeness (QED) is 0.134. The van der Waals surface area contributed by atoms with Crippen LogP contribution in [0, 0.1) is 20.8 Å². The molecule has 0 spiro atoms. The third kappa shape index (κ3) is 7.86. The van der Waals surface area contributed by atoms with Crippen molar-refractivity contribution in [1.82, 2.24) is 9.73 Å². The van der Waals surface area contributed by atoms with Crippen LogP contribution in [0.5, 0.6) is 0 Å². The Kier molecular flexibility index (Phi) is 9.85. The molecule has 0 fully saturated rings. The molecule has 0 bridgehead atoms. The van der Waals surface area contributed by atoms with Crippen LogP contribution in [-0.2, 0) is 32.7 Å². The van der Waals surface area contributed by atoms with Crippen molar-refractivity contribution in [3.05, 3.63) is 117 Å². The Hall–Kier alpha value is -3.96. The van der Waals surface area contributed by atoms with Crippen LogP contribution >= 0.6 is 23.2 Å². The maximum Gasteiger partial charge on any atom is 0.329 e. The lowest BCUT2D eigenvalue weighted by molar-refractivity contribution is -0.136. The van der Waals surface area contributed by atoms with E-state index in [0.29, 0.717) is 27.1 Å². The summed E-state index contributed by atoms with van der Waals surface area (Å²) in [5.41, 5.74) is 5.99. The van der Waals surface area contributed by atoms with Crippen LogP contribution in [0.3, 0.4) is 0 Å². The van der Waals surface area contributed by atoms with Crippen LogP contribution in [-0.4, -0.2) is 30.8 Å². The minimum Gasteiger partial charge on any atom is -0.459 e. The highest BCUT2D eigenvalue weighted by Gasteiger charge is 2.26. The van der Waals surface area contributed by atoms with E-state index < -0.39 is 21.8 Å². The molecule has 9 nitrogen and oxygen atoms in total. The Bertz CT molecular complexity index is 1750. The topological polar surface area (TPSA) is 121 Å². The van der Waals surface area contributed by atoms with E-state index in [0.717, 1.165) is 16.7 Å². The number of benzene rings is 3. The maximum absolute atomic E-state index is 13.6. The molecule has 4 aromatic rings. The first-order valence-electron chi connectivity index (χ1n) is 12.7. The van der Waals surface area contributed by atoms with E-state index >= 15 is 0 Å². The average molecular weight is 628 g/mol. The number of hydrogen-bond acceptors (Lipinski definition) is 6. The molecular formula is C30H28Cl2N4O5S. The molecule has 12 heteroatoms. The van der Waals surface area contributed by atoms with E-state index in [2.05, 4.69) is 15.8 Å². The van der Waals surface area contributed by atoms with Crippen LogP contribution in [0.2, 0.25) is 10.0 Å². The van der Waals surface area contributed by atoms with E-state index in [1.165, 1.54) is 10.5 Å². The zero-order valence-electron chi connectivity index (χ0n) is 23.0. The molecule has 2 N–H and O–H groups in total. The van der Waals surface area contributed by atoms with Gasteiger partial charge >= 0.3 is 11.8 Å². The first-order chi connectivity index (χ1) is 19.9. The number of carbonyl (C=O) groups is 2. The van der Waals surface area contributed by atoms with Crippen molar-refractivity contribution < 1.29 is 22.4 Å². The molecule has 3 aromatic carbocycles. The highest BCUT2D eigenvalue weighted by molar-refractivity contribution is 7.89. The Labute approximate surface area is 254 Å². The summed E-state index contributed by atoms with van der Waals surface area (Å²) < 4.78 is 34.2. The molecule has 4 rings (SSSR count). The number of hydrazone groups is 1. The molecule has 0 radical (unpaired) electrons. The van der Waals surface area contributed by atoms with Crippen molar-refractivity contribution in [3.63, 3.8) is 0 Å². The zero-order valence-corrected chi connectivity index (χ0v) is 25.3. The molecule has 0 aliphatic carbocycles. The van der Waals surface area contributed by atoms with E-state index in [1.807, 2.05) is 32.9 Å². The molecule has 1 aromatic heterocycles. The number of amides is 2. The second-order valence-electron chi connectivity index (χ2n) is 9.61. The summed E-state index contributed by atoms with van der Waals surface area (Å²) in [6.45, 7) is 5.46. The van der Waals surface area contributed by atoms with Gasteiger partial charge in [-0.2, -0.15) is 9.41 Å². The highest BCUT2D eigenvalue weighted by atomic mass is 35.5. The molecule has 1 heterocycles. The van der Waals surface area contributed by atoms with Gasteiger partial charge in [0.1, 0.15) is 11.5 Å². The summed E-state index contributed by atoms with van der Waals surface area (Å²) in [6.07, 6.45) is 1.21. The Morgan fingerprint density at radius 2 is 1.57 bits per heavy atom. The van der Waals surface area contributed by atoms with E-state index in [4.69, 9.17) is 27.6 Å². The molecule has 0 unspecified atom stereocenters. The van der Waals surface area contributed by atoms with Gasteiger partial charge in [0.15, 0.2) is 0 Å². The van der Waals surface area contributed by atoms with E-state index in [9.17, 15) is 18.0 Å². The summed E-state index contributed by atoms with van der Waals surface area (Å²) in [5, 5.41) is 7.01. The summed E-state index contributed by atoms with van der Waals surface area (Å²) in [7, 11) is -3.94. The second-order valence-corrected chi connectivity index (χ2v) is 12.4. The van der Waals surface area contributed by atoms with Crippen molar-refractivity contribution in [2.45, 2.75) is 38.8 Å². The van der Waals surface area contributed by atoms with Crippen LogP contribution in [0.25, 0.3) is 0 Å². The van der Waals surface area contributed by atoms with Crippen molar-refractivity contribution in [1.29, 1.82) is 0 Å². The van der Waals surface area contributed by atoms with Gasteiger partial charge in [0, 0.05) is 12.2 Å². The van der Waals surface area contributed by atoms with Crippen LogP contribution < -0.4 is 10.7 Å². The lowest BCUT2D eigenvalue weighted by Crippen LogP contribution is -2.32. The van der Waals surface area contributed by atoms with Crippen molar-refractivity contribution in [2.24, 2.45) is 5.10 Å². The summed E-state index contributed by atoms with van der Waals surface area (Å²) in [5.74, 6) is -1.27. The molecule has 218 valence electrons. The van der Waals surface area contributed by atoms with Gasteiger partial charge in [-0.25, -0.2) is 13.8 Å². The summed E-state index contributed by atoms with van der Waals surface area (Å²) in [4.78, 5) is 24.6. The molecule has 0 atom stereocenters. The van der Waals surface area contributed by atoms with Crippen molar-refractivity contribution in [2.75, 3.05) is 5.32 Å². The number of aryl methyl sites for hydroxylation is 3. The third-order valence-corrected chi connectivity index (χ3v) is 8.77. The number of furan rings is 1. The Balaban J connectivity index is 1.46. The summed E-state index contributed by atoms with van der Waals surface area (Å²) >= 11 is 12.2. The van der Waals surface area contributed by atoms with Gasteiger partial charge in [-0.15, -0.1) is 0 Å². The first kappa shape index (κ1) is 31.0. The van der Waals surface area contributed by atoms with E-state index in [1.54, 1.807) is 60.7 Å². The molecule has 0 aliphatic rings. The Morgan fingerprint density at radius 1 is 0.857 bits per heavy atom.